The number of nitrogens with zero attached hydrogens (tertiary/aromatic N) is 1. The summed E-state index contributed by atoms with van der Waals surface area (Å²) in [6.07, 6.45) is 1.94. The fourth-order valence-corrected chi connectivity index (χ4v) is 2.17. The number of ether oxygens (including phenoxy) is 1. The van der Waals surface area contributed by atoms with Gasteiger partial charge in [0.25, 0.3) is 5.12 Å². The molecule has 1 fully saturated rings. The molecule has 0 saturated carbocycles. The van der Waals surface area contributed by atoms with Crippen molar-refractivity contribution in [2.45, 2.75) is 11.8 Å². The van der Waals surface area contributed by atoms with Crippen molar-refractivity contribution < 1.29 is 14.3 Å². The van der Waals surface area contributed by atoms with Gasteiger partial charge in [0.15, 0.2) is 5.76 Å². The number of amides is 1. The Labute approximate surface area is 73.5 Å². The van der Waals surface area contributed by atoms with Gasteiger partial charge in [-0.05, 0) is 0 Å². The van der Waals surface area contributed by atoms with Crippen molar-refractivity contribution >= 4 is 22.8 Å². The summed E-state index contributed by atoms with van der Waals surface area (Å²) < 4.78 is 4.80. The molecule has 12 heavy (non-hydrogen) atoms. The van der Waals surface area contributed by atoms with Crippen molar-refractivity contribution in [1.29, 1.82) is 0 Å². The van der Waals surface area contributed by atoms with Gasteiger partial charge in [0.2, 0.25) is 5.91 Å². The average molecular weight is 185 g/mol. The van der Waals surface area contributed by atoms with Crippen molar-refractivity contribution in [3.8, 4) is 0 Å². The van der Waals surface area contributed by atoms with Crippen LogP contribution in [0.5, 0.6) is 0 Å². The van der Waals surface area contributed by atoms with E-state index in [4.69, 9.17) is 4.74 Å². The van der Waals surface area contributed by atoms with E-state index in [9.17, 15) is 9.59 Å². The van der Waals surface area contributed by atoms with Gasteiger partial charge in [-0.3, -0.25) is 9.59 Å². The summed E-state index contributed by atoms with van der Waals surface area (Å²) in [7, 11) is 1.43. The predicted octanol–water partition coefficient (Wildman–Crippen LogP) is 0.306. The van der Waals surface area contributed by atoms with Gasteiger partial charge in [-0.15, -0.1) is 0 Å². The Balaban J connectivity index is 2.24. The van der Waals surface area contributed by atoms with E-state index in [0.717, 1.165) is 11.8 Å². The molecule has 0 bridgehead atoms. The van der Waals surface area contributed by atoms with E-state index in [1.54, 1.807) is 0 Å². The third kappa shape index (κ3) is 0.929. The zero-order chi connectivity index (χ0) is 8.72. The summed E-state index contributed by atoms with van der Waals surface area (Å²) >= 11 is 1.15. The second-order valence-electron chi connectivity index (χ2n) is 2.56. The maximum absolute atomic E-state index is 11.2. The molecule has 1 saturated heterocycles. The summed E-state index contributed by atoms with van der Waals surface area (Å²) in [6.45, 7) is 0. The summed E-state index contributed by atoms with van der Waals surface area (Å²) in [5.74, 6) is 0.304. The van der Waals surface area contributed by atoms with E-state index >= 15 is 0 Å². The van der Waals surface area contributed by atoms with Crippen LogP contribution < -0.4 is 0 Å². The molecule has 5 heteroatoms. The Morgan fingerprint density at radius 1 is 1.67 bits per heavy atom. The third-order valence-corrected chi connectivity index (χ3v) is 2.95. The number of methoxy groups -OCH3 is 1. The quantitative estimate of drug-likeness (QED) is 0.551. The van der Waals surface area contributed by atoms with Crippen LogP contribution in [0, 0.1) is 0 Å². The molecule has 0 aromatic rings. The topological polar surface area (TPSA) is 46.6 Å². The average Bonchev–Trinajstić information content (AvgIpc) is 2.04. The standard InChI is InChI=1S/C7H7NO3S/c1-11-4-3-8-5(9)2-6(8)12-7(4)10/h3,6H,2H2,1H3/t6-/m0/s1. The minimum Gasteiger partial charge on any atom is -0.491 e. The smallest absolute Gasteiger partial charge is 0.257 e. The maximum atomic E-state index is 11.2. The highest BCUT2D eigenvalue weighted by Gasteiger charge is 2.41. The van der Waals surface area contributed by atoms with Crippen LogP contribution in [-0.4, -0.2) is 28.4 Å². The van der Waals surface area contributed by atoms with Gasteiger partial charge in [-0.1, -0.05) is 11.8 Å². The second-order valence-corrected chi connectivity index (χ2v) is 3.71. The normalized spacial score (nSPS) is 27.6. The van der Waals surface area contributed by atoms with Gasteiger partial charge in [0.05, 0.1) is 25.1 Å². The first-order valence-corrected chi connectivity index (χ1v) is 4.38. The molecule has 0 aromatic carbocycles. The molecule has 2 aliphatic heterocycles. The van der Waals surface area contributed by atoms with Crippen LogP contribution in [-0.2, 0) is 14.3 Å². The molecule has 64 valence electrons. The molecule has 2 aliphatic rings. The number of fused-ring (bicyclic) bond motifs is 1. The highest BCUT2D eigenvalue weighted by molar-refractivity contribution is 8.14. The lowest BCUT2D eigenvalue weighted by Crippen LogP contribution is -2.50. The van der Waals surface area contributed by atoms with Crippen LogP contribution in [0.2, 0.25) is 0 Å². The number of carbonyl (C=O) groups excluding carboxylic acids is 2. The van der Waals surface area contributed by atoms with Crippen LogP contribution in [0.4, 0.5) is 0 Å². The molecule has 0 aliphatic carbocycles. The SMILES string of the molecule is COC1=CN2C(=O)C[C@@H]2SC1=O. The molecule has 4 nitrogen and oxygen atoms in total. The summed E-state index contributed by atoms with van der Waals surface area (Å²) in [6, 6.07) is 0. The molecule has 1 amide bonds. The largest absolute Gasteiger partial charge is 0.491 e. The number of thioether (sulfide) groups is 1. The van der Waals surface area contributed by atoms with Crippen molar-refractivity contribution in [3.05, 3.63) is 12.0 Å². The molecule has 1 atom stereocenters. The van der Waals surface area contributed by atoms with E-state index in [0.29, 0.717) is 6.42 Å². The highest BCUT2D eigenvalue weighted by Crippen LogP contribution is 2.36. The van der Waals surface area contributed by atoms with Crippen LogP contribution in [0.3, 0.4) is 0 Å². The number of rotatable bonds is 1. The van der Waals surface area contributed by atoms with Gasteiger partial charge in [0.1, 0.15) is 0 Å². The van der Waals surface area contributed by atoms with Gasteiger partial charge in [-0.2, -0.15) is 0 Å². The first-order valence-electron chi connectivity index (χ1n) is 3.50. The van der Waals surface area contributed by atoms with Crippen LogP contribution >= 0.6 is 11.8 Å². The van der Waals surface area contributed by atoms with Crippen molar-refractivity contribution in [1.82, 2.24) is 4.90 Å². The minimum absolute atomic E-state index is 0.0175. The molecule has 0 aromatic heterocycles. The van der Waals surface area contributed by atoms with Crippen LogP contribution in [0.25, 0.3) is 0 Å². The third-order valence-electron chi connectivity index (χ3n) is 1.87. The minimum atomic E-state index is -0.0914. The van der Waals surface area contributed by atoms with Crippen molar-refractivity contribution in [2.24, 2.45) is 0 Å². The second kappa shape index (κ2) is 2.52. The predicted molar refractivity (Wildman–Crippen MR) is 42.9 cm³/mol. The number of carbonyl (C=O) groups is 2. The molecule has 2 rings (SSSR count). The Bertz CT molecular complexity index is 286. The molecule has 0 N–H and O–H groups in total. The molecule has 0 spiro atoms. The summed E-state index contributed by atoms with van der Waals surface area (Å²) in [5, 5.41) is -0.0739. The van der Waals surface area contributed by atoms with Crippen molar-refractivity contribution in [3.63, 3.8) is 0 Å². The lowest BCUT2D eigenvalue weighted by molar-refractivity contribution is -0.138. The Kier molecular flexibility index (Phi) is 1.61. The summed E-state index contributed by atoms with van der Waals surface area (Å²) in [5.41, 5.74) is 0. The van der Waals surface area contributed by atoms with E-state index in [1.165, 1.54) is 18.2 Å². The number of hydrogen-bond acceptors (Lipinski definition) is 4. The van der Waals surface area contributed by atoms with Gasteiger partial charge in [0, 0.05) is 0 Å². The molecule has 0 unspecified atom stereocenters. The summed E-state index contributed by atoms with van der Waals surface area (Å²) in [4.78, 5) is 23.6. The monoisotopic (exact) mass is 185 g/mol. The molecular weight excluding hydrogens is 178 g/mol. The van der Waals surface area contributed by atoms with Gasteiger partial charge >= 0.3 is 0 Å². The first-order chi connectivity index (χ1) is 5.72. The van der Waals surface area contributed by atoms with Gasteiger partial charge < -0.3 is 9.64 Å². The van der Waals surface area contributed by atoms with E-state index in [2.05, 4.69) is 0 Å². The zero-order valence-corrected chi connectivity index (χ0v) is 7.26. The van der Waals surface area contributed by atoms with E-state index in [1.807, 2.05) is 0 Å². The zero-order valence-electron chi connectivity index (χ0n) is 6.44. The first kappa shape index (κ1) is 7.67. The lowest BCUT2D eigenvalue weighted by Gasteiger charge is -2.39. The molecule has 2 heterocycles. The Morgan fingerprint density at radius 3 is 3.00 bits per heavy atom. The fraction of sp³-hybridized carbons (Fsp3) is 0.429. The Hall–Kier alpha value is -0.970. The number of β-lactam (4-membered cyclic amide) rings is 1. The lowest BCUT2D eigenvalue weighted by atomic mass is 10.2. The number of hydrogen-bond donors (Lipinski definition) is 0. The van der Waals surface area contributed by atoms with E-state index in [-0.39, 0.29) is 22.2 Å². The molecular formula is C7H7NO3S. The van der Waals surface area contributed by atoms with E-state index < -0.39 is 0 Å². The highest BCUT2D eigenvalue weighted by atomic mass is 32.2. The van der Waals surface area contributed by atoms with Crippen LogP contribution in [0.15, 0.2) is 12.0 Å². The van der Waals surface area contributed by atoms with Crippen molar-refractivity contribution in [2.75, 3.05) is 7.11 Å². The van der Waals surface area contributed by atoms with Gasteiger partial charge in [-0.25, -0.2) is 0 Å². The molecule has 0 radical (unpaired) electrons. The maximum Gasteiger partial charge on any atom is 0.257 e. The Morgan fingerprint density at radius 2 is 2.42 bits per heavy atom. The van der Waals surface area contributed by atoms with Crippen LogP contribution in [0.1, 0.15) is 6.42 Å². The fourth-order valence-electron chi connectivity index (χ4n) is 1.15.